The van der Waals surface area contributed by atoms with Crippen molar-refractivity contribution in [3.8, 4) is 5.75 Å². The standard InChI is InChI=1S/C13H15F2NO4/c1-8(12(18)19)11(17)16-7-6-9-2-4-10(5-3-9)20-13(14)15/h2-5,8,13H,6-7H2,1H3,(H,16,17)(H,18,19). The summed E-state index contributed by atoms with van der Waals surface area (Å²) in [5.41, 5.74) is 0.815. The molecule has 1 aromatic carbocycles. The maximum absolute atomic E-state index is 11.9. The highest BCUT2D eigenvalue weighted by molar-refractivity contribution is 5.96. The second kappa shape index (κ2) is 7.42. The highest BCUT2D eigenvalue weighted by Crippen LogP contribution is 2.14. The molecule has 110 valence electrons. The molecule has 1 rings (SSSR count). The van der Waals surface area contributed by atoms with Gasteiger partial charge in [-0.15, -0.1) is 0 Å². The lowest BCUT2D eigenvalue weighted by atomic mass is 10.1. The molecule has 0 saturated carbocycles. The predicted molar refractivity (Wildman–Crippen MR) is 66.6 cm³/mol. The van der Waals surface area contributed by atoms with E-state index in [1.54, 1.807) is 12.1 Å². The van der Waals surface area contributed by atoms with Crippen LogP contribution in [-0.4, -0.2) is 30.1 Å². The molecule has 0 heterocycles. The van der Waals surface area contributed by atoms with E-state index in [9.17, 15) is 18.4 Å². The summed E-state index contributed by atoms with van der Waals surface area (Å²) in [6.45, 7) is -1.29. The van der Waals surface area contributed by atoms with E-state index in [0.29, 0.717) is 6.42 Å². The maximum atomic E-state index is 11.9. The molecule has 0 aliphatic heterocycles. The molecule has 1 atom stereocenters. The summed E-state index contributed by atoms with van der Waals surface area (Å²) < 4.78 is 28.1. The normalized spacial score (nSPS) is 12.0. The van der Waals surface area contributed by atoms with Gasteiger partial charge in [-0.2, -0.15) is 8.78 Å². The molecule has 0 aliphatic rings. The Bertz CT molecular complexity index is 462. The van der Waals surface area contributed by atoms with E-state index in [2.05, 4.69) is 10.1 Å². The molecule has 0 spiro atoms. The second-order valence-electron chi connectivity index (χ2n) is 4.12. The van der Waals surface area contributed by atoms with Crippen molar-refractivity contribution in [2.24, 2.45) is 5.92 Å². The van der Waals surface area contributed by atoms with E-state index in [1.807, 2.05) is 0 Å². The Morgan fingerprint density at radius 1 is 1.30 bits per heavy atom. The first-order chi connectivity index (χ1) is 9.40. The van der Waals surface area contributed by atoms with Crippen molar-refractivity contribution >= 4 is 11.9 Å². The van der Waals surface area contributed by atoms with E-state index in [4.69, 9.17) is 5.11 Å². The van der Waals surface area contributed by atoms with E-state index < -0.39 is 24.4 Å². The fourth-order valence-electron chi connectivity index (χ4n) is 1.43. The number of carboxylic acids is 1. The molecule has 0 saturated heterocycles. The first kappa shape index (κ1) is 15.9. The van der Waals surface area contributed by atoms with Crippen molar-refractivity contribution in [3.05, 3.63) is 29.8 Å². The van der Waals surface area contributed by atoms with Gasteiger partial charge in [0.05, 0.1) is 0 Å². The van der Waals surface area contributed by atoms with Gasteiger partial charge in [-0.3, -0.25) is 9.59 Å². The van der Waals surface area contributed by atoms with Gasteiger partial charge in [-0.05, 0) is 31.0 Å². The van der Waals surface area contributed by atoms with Crippen LogP contribution in [0, 0.1) is 5.92 Å². The van der Waals surface area contributed by atoms with Gasteiger partial charge in [0.2, 0.25) is 5.91 Å². The zero-order chi connectivity index (χ0) is 15.1. The number of halogens is 2. The summed E-state index contributed by atoms with van der Waals surface area (Å²) in [5, 5.41) is 11.1. The van der Waals surface area contributed by atoms with Crippen molar-refractivity contribution in [2.45, 2.75) is 20.0 Å². The van der Waals surface area contributed by atoms with Crippen LogP contribution in [0.4, 0.5) is 8.78 Å². The van der Waals surface area contributed by atoms with Crippen LogP contribution >= 0.6 is 0 Å². The lowest BCUT2D eigenvalue weighted by Gasteiger charge is -2.09. The number of carboxylic acid groups (broad SMARTS) is 1. The quantitative estimate of drug-likeness (QED) is 0.748. The zero-order valence-electron chi connectivity index (χ0n) is 10.8. The highest BCUT2D eigenvalue weighted by Gasteiger charge is 2.19. The Kier molecular flexibility index (Phi) is 5.89. The molecular weight excluding hydrogens is 272 g/mol. The third-order valence-corrected chi connectivity index (χ3v) is 2.63. The number of nitrogens with one attached hydrogen (secondary N) is 1. The van der Waals surface area contributed by atoms with Gasteiger partial charge in [0.15, 0.2) is 0 Å². The SMILES string of the molecule is CC(C(=O)O)C(=O)NCCc1ccc(OC(F)F)cc1. The number of aliphatic carboxylic acids is 1. The van der Waals surface area contributed by atoms with Crippen LogP contribution in [0.15, 0.2) is 24.3 Å². The lowest BCUT2D eigenvalue weighted by Crippen LogP contribution is -2.34. The number of carbonyl (C=O) groups is 2. The Labute approximate surface area is 114 Å². The molecule has 2 N–H and O–H groups in total. The molecule has 0 aromatic heterocycles. The van der Waals surface area contributed by atoms with Crippen LogP contribution in [0.3, 0.4) is 0 Å². The van der Waals surface area contributed by atoms with Gasteiger partial charge in [0, 0.05) is 6.54 Å². The van der Waals surface area contributed by atoms with E-state index in [-0.39, 0.29) is 12.3 Å². The van der Waals surface area contributed by atoms with Crippen LogP contribution < -0.4 is 10.1 Å². The van der Waals surface area contributed by atoms with Gasteiger partial charge in [0.25, 0.3) is 0 Å². The number of hydrogen-bond donors (Lipinski definition) is 2. The smallest absolute Gasteiger partial charge is 0.387 e. The van der Waals surface area contributed by atoms with Crippen LogP contribution in [0.5, 0.6) is 5.75 Å². The third-order valence-electron chi connectivity index (χ3n) is 2.63. The van der Waals surface area contributed by atoms with Crippen LogP contribution in [0.2, 0.25) is 0 Å². The molecular formula is C13H15F2NO4. The van der Waals surface area contributed by atoms with Crippen molar-refractivity contribution in [1.82, 2.24) is 5.32 Å². The average Bonchev–Trinajstić information content (AvgIpc) is 2.39. The monoisotopic (exact) mass is 287 g/mol. The fraction of sp³-hybridized carbons (Fsp3) is 0.385. The van der Waals surface area contributed by atoms with Crippen LogP contribution in [0.1, 0.15) is 12.5 Å². The minimum atomic E-state index is -2.86. The number of amides is 1. The number of benzene rings is 1. The van der Waals surface area contributed by atoms with E-state index >= 15 is 0 Å². The average molecular weight is 287 g/mol. The second-order valence-corrected chi connectivity index (χ2v) is 4.12. The molecule has 1 unspecified atom stereocenters. The number of ether oxygens (including phenoxy) is 1. The Hall–Kier alpha value is -2.18. The molecule has 0 aliphatic carbocycles. The van der Waals surface area contributed by atoms with Crippen molar-refractivity contribution in [3.63, 3.8) is 0 Å². The molecule has 1 aromatic rings. The molecule has 0 radical (unpaired) electrons. The molecule has 5 nitrogen and oxygen atoms in total. The summed E-state index contributed by atoms with van der Waals surface area (Å²) in [6.07, 6.45) is 0.465. The molecule has 0 fully saturated rings. The maximum Gasteiger partial charge on any atom is 0.387 e. The van der Waals surface area contributed by atoms with Crippen molar-refractivity contribution in [2.75, 3.05) is 6.54 Å². The number of carbonyl (C=O) groups excluding carboxylic acids is 1. The first-order valence-corrected chi connectivity index (χ1v) is 5.94. The molecule has 7 heteroatoms. The Morgan fingerprint density at radius 2 is 1.90 bits per heavy atom. The summed E-state index contributed by atoms with van der Waals surface area (Å²) >= 11 is 0. The van der Waals surface area contributed by atoms with Gasteiger partial charge < -0.3 is 15.2 Å². The summed E-state index contributed by atoms with van der Waals surface area (Å²) in [5.74, 6) is -2.78. The summed E-state index contributed by atoms with van der Waals surface area (Å²) in [7, 11) is 0. The lowest BCUT2D eigenvalue weighted by molar-refractivity contribution is -0.146. The van der Waals surface area contributed by atoms with Crippen LogP contribution in [0.25, 0.3) is 0 Å². The zero-order valence-corrected chi connectivity index (χ0v) is 10.8. The highest BCUT2D eigenvalue weighted by atomic mass is 19.3. The summed E-state index contributed by atoms with van der Waals surface area (Å²) in [4.78, 5) is 21.9. The minimum Gasteiger partial charge on any atom is -0.481 e. The molecule has 1 amide bonds. The first-order valence-electron chi connectivity index (χ1n) is 5.94. The Morgan fingerprint density at radius 3 is 2.40 bits per heavy atom. The van der Waals surface area contributed by atoms with Gasteiger partial charge in [0.1, 0.15) is 11.7 Å². The van der Waals surface area contributed by atoms with E-state index in [1.165, 1.54) is 19.1 Å². The predicted octanol–water partition coefficient (Wildman–Crippen LogP) is 1.67. The number of hydrogen-bond acceptors (Lipinski definition) is 3. The topological polar surface area (TPSA) is 75.6 Å². The number of rotatable bonds is 7. The van der Waals surface area contributed by atoms with Crippen LogP contribution in [-0.2, 0) is 16.0 Å². The molecule has 20 heavy (non-hydrogen) atoms. The van der Waals surface area contributed by atoms with E-state index in [0.717, 1.165) is 5.56 Å². The minimum absolute atomic E-state index is 0.0623. The number of alkyl halides is 2. The fourth-order valence-corrected chi connectivity index (χ4v) is 1.43. The molecule has 0 bridgehead atoms. The van der Waals surface area contributed by atoms with Gasteiger partial charge >= 0.3 is 12.6 Å². The van der Waals surface area contributed by atoms with Gasteiger partial charge in [-0.25, -0.2) is 0 Å². The van der Waals surface area contributed by atoms with Gasteiger partial charge in [-0.1, -0.05) is 12.1 Å². The van der Waals surface area contributed by atoms with Crippen molar-refractivity contribution in [1.29, 1.82) is 0 Å². The van der Waals surface area contributed by atoms with Crippen molar-refractivity contribution < 1.29 is 28.2 Å². The largest absolute Gasteiger partial charge is 0.481 e. The third kappa shape index (κ3) is 5.21. The summed E-state index contributed by atoms with van der Waals surface area (Å²) in [6, 6.07) is 6.02. The Balaban J connectivity index is 2.39.